The van der Waals surface area contributed by atoms with Crippen LogP contribution in [-0.2, 0) is 6.42 Å². The fourth-order valence-electron chi connectivity index (χ4n) is 0.658. The molecule has 0 aliphatic heterocycles. The molecule has 1 rings (SSSR count). The molecule has 0 aliphatic carbocycles. The molecule has 0 saturated heterocycles. The third-order valence-corrected chi connectivity index (χ3v) is 1.98. The zero-order valence-electron chi connectivity index (χ0n) is 5.22. The average Bonchev–Trinajstić information content (AvgIpc) is 2.18. The van der Waals surface area contributed by atoms with Crippen LogP contribution < -0.4 is 0 Å². The van der Waals surface area contributed by atoms with Crippen molar-refractivity contribution in [1.82, 2.24) is 4.98 Å². The Bertz CT molecular complexity index is 185. The Balaban J connectivity index is 2.69. The molecule has 9 heavy (non-hydrogen) atoms. The van der Waals surface area contributed by atoms with E-state index in [1.165, 1.54) is 0 Å². The van der Waals surface area contributed by atoms with E-state index in [4.69, 9.17) is 0 Å². The lowest BCUT2D eigenvalue weighted by atomic mass is 10.3. The summed E-state index contributed by atoms with van der Waals surface area (Å²) in [5.74, 6) is 0. The van der Waals surface area contributed by atoms with Gasteiger partial charge in [0.1, 0.15) is 0 Å². The van der Waals surface area contributed by atoms with Crippen LogP contribution in [0.4, 0.5) is 4.39 Å². The second-order valence-corrected chi connectivity index (χ2v) is 2.85. The number of hydrogen-bond acceptors (Lipinski definition) is 2. The van der Waals surface area contributed by atoms with Crippen molar-refractivity contribution in [2.24, 2.45) is 0 Å². The number of halogens is 1. The monoisotopic (exact) mass is 145 g/mol. The molecule has 0 atom stereocenters. The highest BCUT2D eigenvalue weighted by molar-refractivity contribution is 7.09. The van der Waals surface area contributed by atoms with Crippen molar-refractivity contribution >= 4 is 11.3 Å². The van der Waals surface area contributed by atoms with Crippen molar-refractivity contribution in [2.75, 3.05) is 6.67 Å². The van der Waals surface area contributed by atoms with E-state index in [1.807, 2.05) is 6.92 Å². The van der Waals surface area contributed by atoms with Crippen LogP contribution in [-0.4, -0.2) is 11.7 Å². The van der Waals surface area contributed by atoms with Gasteiger partial charge in [-0.1, -0.05) is 0 Å². The van der Waals surface area contributed by atoms with Gasteiger partial charge < -0.3 is 0 Å². The molecule has 0 aliphatic rings. The van der Waals surface area contributed by atoms with Gasteiger partial charge in [-0.05, 0) is 6.92 Å². The smallest absolute Gasteiger partial charge is 0.0950 e. The number of alkyl halides is 1. The molecule has 3 heteroatoms. The third kappa shape index (κ3) is 1.48. The standard InChI is InChI=1S/C6H8FNS/c1-5-6(2-3-7)8-4-9-5/h4H,2-3H2,1H3. The fourth-order valence-corrected chi connectivity index (χ4v) is 1.29. The Kier molecular flexibility index (Phi) is 2.16. The summed E-state index contributed by atoms with van der Waals surface area (Å²) in [5, 5.41) is 0. The lowest BCUT2D eigenvalue weighted by Crippen LogP contribution is -1.87. The maximum Gasteiger partial charge on any atom is 0.0950 e. The molecule has 0 aromatic carbocycles. The first kappa shape index (κ1) is 6.68. The van der Waals surface area contributed by atoms with Gasteiger partial charge in [-0.2, -0.15) is 0 Å². The molecule has 0 fully saturated rings. The van der Waals surface area contributed by atoms with Crippen molar-refractivity contribution in [1.29, 1.82) is 0 Å². The minimum Gasteiger partial charge on any atom is -0.251 e. The summed E-state index contributed by atoms with van der Waals surface area (Å²) >= 11 is 1.57. The Morgan fingerprint density at radius 2 is 2.56 bits per heavy atom. The number of thiazole rings is 1. The van der Waals surface area contributed by atoms with E-state index in [-0.39, 0.29) is 6.67 Å². The molecule has 0 radical (unpaired) electrons. The normalized spacial score (nSPS) is 10.0. The SMILES string of the molecule is Cc1scnc1CCF. The van der Waals surface area contributed by atoms with Gasteiger partial charge >= 0.3 is 0 Å². The maximum absolute atomic E-state index is 11.7. The van der Waals surface area contributed by atoms with Crippen LogP contribution in [0.15, 0.2) is 5.51 Å². The quantitative estimate of drug-likeness (QED) is 0.620. The molecule has 1 aromatic heterocycles. The van der Waals surface area contributed by atoms with E-state index in [9.17, 15) is 4.39 Å². The van der Waals surface area contributed by atoms with Gasteiger partial charge in [0, 0.05) is 11.3 Å². The van der Waals surface area contributed by atoms with Crippen LogP contribution in [0, 0.1) is 6.92 Å². The largest absolute Gasteiger partial charge is 0.251 e. The van der Waals surface area contributed by atoms with E-state index in [0.29, 0.717) is 6.42 Å². The molecular formula is C6H8FNS. The van der Waals surface area contributed by atoms with Crippen LogP contribution in [0.3, 0.4) is 0 Å². The zero-order chi connectivity index (χ0) is 6.69. The summed E-state index contributed by atoms with van der Waals surface area (Å²) in [4.78, 5) is 5.12. The molecule has 0 amide bonds. The first-order chi connectivity index (χ1) is 4.34. The molecule has 0 N–H and O–H groups in total. The second kappa shape index (κ2) is 2.92. The van der Waals surface area contributed by atoms with E-state index in [0.717, 1.165) is 10.6 Å². The predicted octanol–water partition coefficient (Wildman–Crippen LogP) is 1.96. The van der Waals surface area contributed by atoms with Gasteiger partial charge in [0.05, 0.1) is 17.9 Å². The molecule has 1 aromatic rings. The predicted molar refractivity (Wildman–Crippen MR) is 36.5 cm³/mol. The molecule has 1 heterocycles. The van der Waals surface area contributed by atoms with Crippen LogP contribution in [0.5, 0.6) is 0 Å². The number of aromatic nitrogens is 1. The summed E-state index contributed by atoms with van der Waals surface area (Å²) in [6.45, 7) is 1.66. The van der Waals surface area contributed by atoms with E-state index in [1.54, 1.807) is 16.8 Å². The van der Waals surface area contributed by atoms with E-state index >= 15 is 0 Å². The van der Waals surface area contributed by atoms with Crippen LogP contribution in [0.1, 0.15) is 10.6 Å². The highest BCUT2D eigenvalue weighted by Crippen LogP contribution is 2.11. The van der Waals surface area contributed by atoms with Crippen LogP contribution >= 0.6 is 11.3 Å². The Labute approximate surface area is 57.6 Å². The fraction of sp³-hybridized carbons (Fsp3) is 0.500. The summed E-state index contributed by atoms with van der Waals surface area (Å²) < 4.78 is 11.7. The minimum atomic E-state index is -0.301. The molecule has 0 unspecified atom stereocenters. The lowest BCUT2D eigenvalue weighted by Gasteiger charge is -1.88. The molecule has 0 spiro atoms. The van der Waals surface area contributed by atoms with Crippen molar-refractivity contribution in [2.45, 2.75) is 13.3 Å². The van der Waals surface area contributed by atoms with Gasteiger partial charge in [-0.15, -0.1) is 11.3 Å². The second-order valence-electron chi connectivity index (χ2n) is 1.79. The first-order valence-corrected chi connectivity index (χ1v) is 3.67. The summed E-state index contributed by atoms with van der Waals surface area (Å²) in [6.07, 6.45) is 0.468. The summed E-state index contributed by atoms with van der Waals surface area (Å²) in [5.41, 5.74) is 2.66. The molecule has 0 bridgehead atoms. The Hall–Kier alpha value is -0.440. The highest BCUT2D eigenvalue weighted by Gasteiger charge is 1.98. The summed E-state index contributed by atoms with van der Waals surface area (Å²) in [6, 6.07) is 0. The maximum atomic E-state index is 11.7. The zero-order valence-corrected chi connectivity index (χ0v) is 6.04. The number of nitrogens with zero attached hydrogens (tertiary/aromatic N) is 1. The highest BCUT2D eigenvalue weighted by atomic mass is 32.1. The van der Waals surface area contributed by atoms with Gasteiger partial charge in [0.15, 0.2) is 0 Å². The van der Waals surface area contributed by atoms with Crippen LogP contribution in [0.25, 0.3) is 0 Å². The molecule has 50 valence electrons. The van der Waals surface area contributed by atoms with Crippen molar-refractivity contribution in [3.8, 4) is 0 Å². The van der Waals surface area contributed by atoms with E-state index in [2.05, 4.69) is 4.98 Å². The van der Waals surface area contributed by atoms with Gasteiger partial charge in [-0.25, -0.2) is 4.98 Å². The summed E-state index contributed by atoms with van der Waals surface area (Å²) in [7, 11) is 0. The van der Waals surface area contributed by atoms with Gasteiger partial charge in [0.2, 0.25) is 0 Å². The number of aryl methyl sites for hydroxylation is 2. The lowest BCUT2D eigenvalue weighted by molar-refractivity contribution is 0.492. The number of rotatable bonds is 2. The molecule has 1 nitrogen and oxygen atoms in total. The minimum absolute atomic E-state index is 0.301. The third-order valence-electron chi connectivity index (χ3n) is 1.18. The Morgan fingerprint density at radius 1 is 1.78 bits per heavy atom. The van der Waals surface area contributed by atoms with Gasteiger partial charge in [-0.3, -0.25) is 4.39 Å². The number of hydrogen-bond donors (Lipinski definition) is 0. The Morgan fingerprint density at radius 3 is 3.00 bits per heavy atom. The van der Waals surface area contributed by atoms with Crippen molar-refractivity contribution < 1.29 is 4.39 Å². The van der Waals surface area contributed by atoms with Crippen LogP contribution in [0.2, 0.25) is 0 Å². The van der Waals surface area contributed by atoms with E-state index < -0.39 is 0 Å². The topological polar surface area (TPSA) is 12.9 Å². The first-order valence-electron chi connectivity index (χ1n) is 2.79. The molecule has 0 saturated carbocycles. The average molecular weight is 145 g/mol. The van der Waals surface area contributed by atoms with Gasteiger partial charge in [0.25, 0.3) is 0 Å². The van der Waals surface area contributed by atoms with Crippen molar-refractivity contribution in [3.05, 3.63) is 16.1 Å². The van der Waals surface area contributed by atoms with Crippen molar-refractivity contribution in [3.63, 3.8) is 0 Å². The molecular weight excluding hydrogens is 137 g/mol.